The van der Waals surface area contributed by atoms with E-state index in [4.69, 9.17) is 14.6 Å². The molecule has 0 spiro atoms. The number of anilines is 1. The van der Waals surface area contributed by atoms with Crippen molar-refractivity contribution in [1.82, 2.24) is 10.4 Å². The number of rotatable bonds is 5. The number of piperazine rings is 1. The van der Waals surface area contributed by atoms with Gasteiger partial charge in [-0.1, -0.05) is 18.2 Å². The van der Waals surface area contributed by atoms with Gasteiger partial charge in [-0.15, -0.1) is 0 Å². The van der Waals surface area contributed by atoms with Gasteiger partial charge in [-0.2, -0.15) is 5.06 Å². The van der Waals surface area contributed by atoms with Gasteiger partial charge < -0.3 is 15.0 Å². The van der Waals surface area contributed by atoms with Crippen molar-refractivity contribution < 1.29 is 14.4 Å². The third kappa shape index (κ3) is 2.97. The molecule has 0 bridgehead atoms. The van der Waals surface area contributed by atoms with Crippen LogP contribution in [0.25, 0.3) is 0 Å². The van der Waals surface area contributed by atoms with Crippen molar-refractivity contribution in [3.05, 3.63) is 59.7 Å². The van der Waals surface area contributed by atoms with Gasteiger partial charge in [0.2, 0.25) is 0 Å². The van der Waals surface area contributed by atoms with Gasteiger partial charge in [0.1, 0.15) is 0 Å². The van der Waals surface area contributed by atoms with E-state index in [0.29, 0.717) is 17.1 Å². The Morgan fingerprint density at radius 1 is 1.07 bits per heavy atom. The summed E-state index contributed by atoms with van der Waals surface area (Å²) in [5.74, 6) is 0.530. The number of benzene rings is 2. The van der Waals surface area contributed by atoms with E-state index in [1.807, 2.05) is 36.4 Å². The lowest BCUT2D eigenvalue weighted by molar-refractivity contribution is -0.236. The second-order valence-electron chi connectivity index (χ2n) is 6.73. The van der Waals surface area contributed by atoms with E-state index in [-0.39, 0.29) is 0 Å². The zero-order valence-corrected chi connectivity index (χ0v) is 16.1. The SMILES string of the molecule is CON1C(c2ccc(N3CCNCC3)cc2)=Nc2ccccc2C1(C=O)OC. The monoisotopic (exact) mass is 380 g/mol. The molecule has 2 aliphatic heterocycles. The van der Waals surface area contributed by atoms with Crippen LogP contribution in [0.3, 0.4) is 0 Å². The molecule has 1 unspecified atom stereocenters. The molecule has 0 radical (unpaired) electrons. The van der Waals surface area contributed by atoms with Crippen molar-refractivity contribution >= 4 is 23.5 Å². The molecule has 1 atom stereocenters. The summed E-state index contributed by atoms with van der Waals surface area (Å²) in [6.45, 7) is 3.93. The highest BCUT2D eigenvalue weighted by molar-refractivity contribution is 6.03. The molecule has 0 amide bonds. The second-order valence-corrected chi connectivity index (χ2v) is 6.73. The van der Waals surface area contributed by atoms with Gasteiger partial charge in [0.15, 0.2) is 12.1 Å². The molecule has 2 aromatic rings. The molecular weight excluding hydrogens is 356 g/mol. The first-order chi connectivity index (χ1) is 13.7. The number of aldehydes is 1. The summed E-state index contributed by atoms with van der Waals surface area (Å²) in [4.78, 5) is 24.9. The number of para-hydroxylation sites is 1. The Labute approximate surface area is 164 Å². The number of hydroxylamine groups is 2. The van der Waals surface area contributed by atoms with Crippen LogP contribution < -0.4 is 10.2 Å². The van der Waals surface area contributed by atoms with Gasteiger partial charge >= 0.3 is 0 Å². The molecule has 28 heavy (non-hydrogen) atoms. The van der Waals surface area contributed by atoms with E-state index < -0.39 is 5.72 Å². The lowest BCUT2D eigenvalue weighted by Crippen LogP contribution is -2.53. The fraction of sp³-hybridized carbons (Fsp3) is 0.333. The second kappa shape index (κ2) is 7.71. The molecule has 0 aliphatic carbocycles. The van der Waals surface area contributed by atoms with E-state index in [1.54, 1.807) is 0 Å². The van der Waals surface area contributed by atoms with E-state index >= 15 is 0 Å². The molecule has 7 nitrogen and oxygen atoms in total. The Morgan fingerprint density at radius 2 is 1.79 bits per heavy atom. The zero-order valence-electron chi connectivity index (χ0n) is 16.1. The van der Waals surface area contributed by atoms with Crippen LogP contribution >= 0.6 is 0 Å². The number of amidine groups is 1. The number of fused-ring (bicyclic) bond motifs is 1. The summed E-state index contributed by atoms with van der Waals surface area (Å²) >= 11 is 0. The molecule has 7 heteroatoms. The topological polar surface area (TPSA) is 66.4 Å². The number of carbonyl (C=O) groups is 1. The van der Waals surface area contributed by atoms with Crippen molar-refractivity contribution in [2.24, 2.45) is 4.99 Å². The summed E-state index contributed by atoms with van der Waals surface area (Å²) in [6, 6.07) is 15.6. The van der Waals surface area contributed by atoms with Crippen LogP contribution in [-0.2, 0) is 20.1 Å². The maximum absolute atomic E-state index is 12.2. The number of nitrogens with zero attached hydrogens (tertiary/aromatic N) is 3. The third-order valence-electron chi connectivity index (χ3n) is 5.27. The molecule has 2 heterocycles. The quantitative estimate of drug-likeness (QED) is 0.801. The standard InChI is InChI=1S/C21H24N4O3/c1-27-21(15-26)18-5-3-4-6-19(18)23-20(25(21)28-2)16-7-9-17(10-8-16)24-13-11-22-12-14-24/h3-10,15,22H,11-14H2,1-2H3. The minimum absolute atomic E-state index is 0.530. The van der Waals surface area contributed by atoms with Gasteiger partial charge in [0.05, 0.1) is 12.8 Å². The number of aliphatic imine (C=N–C) groups is 1. The molecule has 2 aliphatic rings. The maximum Gasteiger partial charge on any atom is 0.251 e. The predicted molar refractivity (Wildman–Crippen MR) is 108 cm³/mol. The fourth-order valence-electron chi connectivity index (χ4n) is 3.80. The number of ether oxygens (including phenoxy) is 1. The highest BCUT2D eigenvalue weighted by Crippen LogP contribution is 2.40. The van der Waals surface area contributed by atoms with E-state index in [0.717, 1.165) is 38.0 Å². The van der Waals surface area contributed by atoms with Crippen molar-refractivity contribution in [2.45, 2.75) is 5.72 Å². The molecule has 146 valence electrons. The Morgan fingerprint density at radius 3 is 2.43 bits per heavy atom. The predicted octanol–water partition coefficient (Wildman–Crippen LogP) is 2.05. The van der Waals surface area contributed by atoms with Gasteiger partial charge in [0.25, 0.3) is 5.72 Å². The summed E-state index contributed by atoms with van der Waals surface area (Å²) in [6.07, 6.45) is 0.749. The van der Waals surface area contributed by atoms with Crippen molar-refractivity contribution in [2.75, 3.05) is 45.3 Å². The highest BCUT2D eigenvalue weighted by atomic mass is 16.7. The van der Waals surface area contributed by atoms with Gasteiger partial charge in [-0.05, 0) is 30.3 Å². The minimum Gasteiger partial charge on any atom is -0.369 e. The van der Waals surface area contributed by atoms with Crippen LogP contribution in [0.15, 0.2) is 53.5 Å². The van der Waals surface area contributed by atoms with Crippen LogP contribution in [-0.4, -0.2) is 57.6 Å². The van der Waals surface area contributed by atoms with E-state index in [9.17, 15) is 4.79 Å². The summed E-state index contributed by atoms with van der Waals surface area (Å²) in [7, 11) is 3.00. The Bertz CT molecular complexity index is 877. The smallest absolute Gasteiger partial charge is 0.251 e. The lowest BCUT2D eigenvalue weighted by Gasteiger charge is -2.41. The molecule has 2 aromatic carbocycles. The molecular formula is C21H24N4O3. The van der Waals surface area contributed by atoms with E-state index in [1.165, 1.54) is 25.0 Å². The number of hydrogen-bond acceptors (Lipinski definition) is 7. The van der Waals surface area contributed by atoms with Gasteiger partial charge in [-0.25, -0.2) is 4.99 Å². The average molecular weight is 380 g/mol. The Hall–Kier alpha value is -2.74. The van der Waals surface area contributed by atoms with Crippen LogP contribution in [0, 0.1) is 0 Å². The third-order valence-corrected chi connectivity index (χ3v) is 5.27. The fourth-order valence-corrected chi connectivity index (χ4v) is 3.80. The minimum atomic E-state index is -1.39. The van der Waals surface area contributed by atoms with Crippen molar-refractivity contribution in [3.8, 4) is 0 Å². The van der Waals surface area contributed by atoms with E-state index in [2.05, 4.69) is 22.3 Å². The maximum atomic E-state index is 12.2. The molecule has 0 saturated carbocycles. The molecule has 0 aromatic heterocycles. The lowest BCUT2D eigenvalue weighted by atomic mass is 9.98. The summed E-state index contributed by atoms with van der Waals surface area (Å²) < 4.78 is 5.67. The number of hydrogen-bond donors (Lipinski definition) is 1. The number of carbonyl (C=O) groups excluding carboxylic acids is 1. The van der Waals surface area contributed by atoms with Crippen LogP contribution in [0.4, 0.5) is 11.4 Å². The number of methoxy groups -OCH3 is 1. The Balaban J connectivity index is 1.75. The van der Waals surface area contributed by atoms with Crippen molar-refractivity contribution in [3.63, 3.8) is 0 Å². The largest absolute Gasteiger partial charge is 0.369 e. The Kier molecular flexibility index (Phi) is 5.13. The normalized spacial score (nSPS) is 21.9. The molecule has 1 fully saturated rings. The zero-order chi connectivity index (χ0) is 19.6. The van der Waals surface area contributed by atoms with Crippen LogP contribution in [0.5, 0.6) is 0 Å². The molecule has 1 saturated heterocycles. The first-order valence-corrected chi connectivity index (χ1v) is 9.33. The molecule has 4 rings (SSSR count). The first kappa shape index (κ1) is 18.6. The first-order valence-electron chi connectivity index (χ1n) is 9.33. The highest BCUT2D eigenvalue weighted by Gasteiger charge is 2.46. The average Bonchev–Trinajstić information content (AvgIpc) is 2.78. The summed E-state index contributed by atoms with van der Waals surface area (Å²) in [5, 5.41) is 4.79. The molecule has 1 N–H and O–H groups in total. The number of nitrogens with one attached hydrogen (secondary N) is 1. The van der Waals surface area contributed by atoms with Gasteiger partial charge in [-0.3, -0.25) is 9.63 Å². The van der Waals surface area contributed by atoms with Gasteiger partial charge in [0, 0.05) is 50.1 Å². The van der Waals surface area contributed by atoms with Crippen LogP contribution in [0.1, 0.15) is 11.1 Å². The van der Waals surface area contributed by atoms with Crippen molar-refractivity contribution in [1.29, 1.82) is 0 Å². The van der Waals surface area contributed by atoms with Crippen LogP contribution in [0.2, 0.25) is 0 Å². The summed E-state index contributed by atoms with van der Waals surface area (Å²) in [5.41, 5.74) is 1.96.